The molecule has 3 atom stereocenters. The smallest absolute Gasteiger partial charge is 0.252 e. The number of carbonyl (C=O) groups excluding carboxylic acids is 2. The number of nitrogens with zero attached hydrogens (tertiary/aromatic N) is 1. The van der Waals surface area contributed by atoms with Crippen LogP contribution in [-0.2, 0) is 4.79 Å². The number of primary amides is 1. The monoisotopic (exact) mass is 371 g/mol. The number of nitrogens with one attached hydrogen (secondary N) is 1. The molecule has 1 saturated heterocycles. The average molecular weight is 371 g/mol. The summed E-state index contributed by atoms with van der Waals surface area (Å²) in [5.41, 5.74) is 5.73. The van der Waals surface area contributed by atoms with Gasteiger partial charge in [-0.1, -0.05) is 20.3 Å². The average Bonchev–Trinajstić information content (AvgIpc) is 2.99. The quantitative estimate of drug-likeness (QED) is 0.777. The highest BCUT2D eigenvalue weighted by atomic mass is 16.5. The highest BCUT2D eigenvalue weighted by Gasteiger charge is 2.40. The molecule has 1 aromatic carbocycles. The third-order valence-electron chi connectivity index (χ3n) is 5.32. The van der Waals surface area contributed by atoms with Gasteiger partial charge in [-0.25, -0.2) is 4.98 Å². The fourth-order valence-corrected chi connectivity index (χ4v) is 3.91. The molecule has 0 bridgehead atoms. The van der Waals surface area contributed by atoms with E-state index in [0.717, 1.165) is 23.6 Å². The second-order valence-electron chi connectivity index (χ2n) is 6.77. The molecule has 2 amide bonds. The van der Waals surface area contributed by atoms with Crippen LogP contribution in [0, 0.1) is 11.8 Å². The molecule has 0 saturated carbocycles. The van der Waals surface area contributed by atoms with Gasteiger partial charge in [0.05, 0.1) is 18.7 Å². The van der Waals surface area contributed by atoms with Gasteiger partial charge in [0.15, 0.2) is 0 Å². The van der Waals surface area contributed by atoms with Crippen LogP contribution in [0.4, 0.5) is 0 Å². The number of hydrogen-bond acceptors (Lipinski definition) is 5. The van der Waals surface area contributed by atoms with Gasteiger partial charge in [0, 0.05) is 17.5 Å². The molecule has 27 heavy (non-hydrogen) atoms. The Morgan fingerprint density at radius 3 is 2.70 bits per heavy atom. The fraction of sp³-hybridized carbons (Fsp3) is 0.450. The summed E-state index contributed by atoms with van der Waals surface area (Å²) >= 11 is 0. The standard InChI is InChI=1S/C20H25N3O4/c1-4-12-13(5-2)19(25)23-16(12)10-27-20-14-9-17(26-3)15(18(21)24)8-11(14)6-7-22-20/h6-9,12-13,16H,4-5,10H2,1-3H3,(H2,21,24)(H,23,25)/t12-,13-,16-/m1/s1. The minimum absolute atomic E-state index is 0.0299. The minimum Gasteiger partial charge on any atom is -0.496 e. The van der Waals surface area contributed by atoms with Crippen molar-refractivity contribution >= 4 is 22.6 Å². The highest BCUT2D eigenvalue weighted by molar-refractivity contribution is 6.01. The Morgan fingerprint density at radius 2 is 2.07 bits per heavy atom. The van der Waals surface area contributed by atoms with E-state index in [9.17, 15) is 9.59 Å². The van der Waals surface area contributed by atoms with Crippen LogP contribution in [-0.4, -0.2) is 36.6 Å². The molecule has 3 N–H and O–H groups in total. The molecule has 3 rings (SSSR count). The summed E-state index contributed by atoms with van der Waals surface area (Å²) in [4.78, 5) is 28.1. The lowest BCUT2D eigenvalue weighted by Gasteiger charge is -2.21. The summed E-state index contributed by atoms with van der Waals surface area (Å²) in [5.74, 6) is 0.621. The molecule has 0 spiro atoms. The van der Waals surface area contributed by atoms with E-state index in [1.165, 1.54) is 7.11 Å². The molecule has 7 nitrogen and oxygen atoms in total. The maximum Gasteiger partial charge on any atom is 0.252 e. The number of ether oxygens (including phenoxy) is 2. The summed E-state index contributed by atoms with van der Waals surface area (Å²) < 4.78 is 11.3. The summed E-state index contributed by atoms with van der Waals surface area (Å²) in [6, 6.07) is 5.12. The van der Waals surface area contributed by atoms with Gasteiger partial charge in [-0.15, -0.1) is 0 Å². The lowest BCUT2D eigenvalue weighted by atomic mass is 9.86. The molecule has 0 radical (unpaired) electrons. The van der Waals surface area contributed by atoms with Crippen molar-refractivity contribution in [2.24, 2.45) is 17.6 Å². The van der Waals surface area contributed by atoms with Gasteiger partial charge in [0.1, 0.15) is 12.4 Å². The number of carbonyl (C=O) groups is 2. The van der Waals surface area contributed by atoms with Crippen LogP contribution in [0.1, 0.15) is 37.0 Å². The van der Waals surface area contributed by atoms with Crippen molar-refractivity contribution in [1.29, 1.82) is 0 Å². The van der Waals surface area contributed by atoms with E-state index in [2.05, 4.69) is 17.2 Å². The topological polar surface area (TPSA) is 104 Å². The number of methoxy groups -OCH3 is 1. The molecular formula is C20H25N3O4. The van der Waals surface area contributed by atoms with Crippen molar-refractivity contribution in [3.8, 4) is 11.6 Å². The van der Waals surface area contributed by atoms with Gasteiger partial charge in [0.2, 0.25) is 11.8 Å². The first-order valence-corrected chi connectivity index (χ1v) is 9.19. The van der Waals surface area contributed by atoms with Crippen molar-refractivity contribution in [1.82, 2.24) is 10.3 Å². The van der Waals surface area contributed by atoms with Crippen LogP contribution in [0.25, 0.3) is 10.8 Å². The van der Waals surface area contributed by atoms with Gasteiger partial charge >= 0.3 is 0 Å². The third-order valence-corrected chi connectivity index (χ3v) is 5.32. The number of rotatable bonds is 7. The van der Waals surface area contributed by atoms with Crippen LogP contribution in [0.5, 0.6) is 11.6 Å². The van der Waals surface area contributed by atoms with E-state index in [-0.39, 0.29) is 23.8 Å². The van der Waals surface area contributed by atoms with E-state index in [0.29, 0.717) is 23.8 Å². The summed E-state index contributed by atoms with van der Waals surface area (Å²) in [6.45, 7) is 4.46. The lowest BCUT2D eigenvalue weighted by molar-refractivity contribution is -0.123. The van der Waals surface area contributed by atoms with Gasteiger partial charge < -0.3 is 20.5 Å². The molecule has 1 fully saturated rings. The molecule has 1 aromatic heterocycles. The Labute approximate surface area is 158 Å². The first-order valence-electron chi connectivity index (χ1n) is 9.19. The zero-order chi connectivity index (χ0) is 19.6. The summed E-state index contributed by atoms with van der Waals surface area (Å²) in [6.07, 6.45) is 3.35. The first kappa shape index (κ1) is 18.9. The third kappa shape index (κ3) is 3.54. The Hall–Kier alpha value is -2.83. The van der Waals surface area contributed by atoms with Crippen LogP contribution in [0.15, 0.2) is 24.4 Å². The number of benzene rings is 1. The van der Waals surface area contributed by atoms with Crippen molar-refractivity contribution in [2.75, 3.05) is 13.7 Å². The van der Waals surface area contributed by atoms with Crippen molar-refractivity contribution in [2.45, 2.75) is 32.7 Å². The summed E-state index contributed by atoms with van der Waals surface area (Å²) in [5, 5.41) is 4.55. The van der Waals surface area contributed by atoms with Crippen LogP contribution in [0.3, 0.4) is 0 Å². The van der Waals surface area contributed by atoms with Crippen LogP contribution in [0.2, 0.25) is 0 Å². The van der Waals surface area contributed by atoms with E-state index in [4.69, 9.17) is 15.2 Å². The van der Waals surface area contributed by atoms with E-state index >= 15 is 0 Å². The summed E-state index contributed by atoms with van der Waals surface area (Å²) in [7, 11) is 1.48. The number of nitrogens with two attached hydrogens (primary N) is 1. The second-order valence-corrected chi connectivity index (χ2v) is 6.77. The molecule has 144 valence electrons. The van der Waals surface area contributed by atoms with Crippen molar-refractivity contribution in [3.05, 3.63) is 30.0 Å². The van der Waals surface area contributed by atoms with Gasteiger partial charge in [-0.3, -0.25) is 9.59 Å². The van der Waals surface area contributed by atoms with E-state index < -0.39 is 5.91 Å². The number of amides is 2. The molecule has 7 heteroatoms. The Balaban J connectivity index is 1.87. The number of hydrogen-bond donors (Lipinski definition) is 2. The Kier molecular flexibility index (Phi) is 5.48. The minimum atomic E-state index is -0.557. The zero-order valence-corrected chi connectivity index (χ0v) is 15.8. The molecule has 1 aliphatic heterocycles. The Morgan fingerprint density at radius 1 is 1.30 bits per heavy atom. The fourth-order valence-electron chi connectivity index (χ4n) is 3.91. The van der Waals surface area contributed by atoms with Crippen molar-refractivity contribution in [3.63, 3.8) is 0 Å². The number of fused-ring (bicyclic) bond motifs is 1. The molecule has 2 heterocycles. The first-order chi connectivity index (χ1) is 13.0. The molecule has 2 aromatic rings. The highest BCUT2D eigenvalue weighted by Crippen LogP contribution is 2.32. The predicted molar refractivity (Wildman–Crippen MR) is 102 cm³/mol. The zero-order valence-electron chi connectivity index (χ0n) is 15.8. The maximum atomic E-state index is 12.2. The Bertz CT molecular complexity index is 868. The van der Waals surface area contributed by atoms with E-state index in [1.807, 2.05) is 6.92 Å². The van der Waals surface area contributed by atoms with Crippen LogP contribution < -0.4 is 20.5 Å². The van der Waals surface area contributed by atoms with Gasteiger partial charge in [-0.05, 0) is 35.9 Å². The normalized spacial score (nSPS) is 21.9. The molecule has 0 unspecified atom stereocenters. The lowest BCUT2D eigenvalue weighted by Crippen LogP contribution is -2.34. The maximum absolute atomic E-state index is 12.2. The second kappa shape index (κ2) is 7.82. The molecule has 0 aliphatic carbocycles. The molecule has 1 aliphatic rings. The SMILES string of the molecule is CC[C@H]1[C@@H](COc2nccc3cc(C(N)=O)c(OC)cc23)NC(=O)[C@@H]1CC. The van der Waals surface area contributed by atoms with Gasteiger partial charge in [-0.2, -0.15) is 0 Å². The van der Waals surface area contributed by atoms with Crippen molar-refractivity contribution < 1.29 is 19.1 Å². The molecular weight excluding hydrogens is 346 g/mol. The number of aromatic nitrogens is 1. The predicted octanol–water partition coefficient (Wildman–Crippen LogP) is 2.27. The van der Waals surface area contributed by atoms with Crippen LogP contribution >= 0.6 is 0 Å². The number of pyridine rings is 1. The largest absolute Gasteiger partial charge is 0.496 e. The van der Waals surface area contributed by atoms with E-state index in [1.54, 1.807) is 24.4 Å². The van der Waals surface area contributed by atoms with Gasteiger partial charge in [0.25, 0.3) is 5.91 Å².